The van der Waals surface area contributed by atoms with Gasteiger partial charge in [0.15, 0.2) is 5.78 Å². The van der Waals surface area contributed by atoms with E-state index in [4.69, 9.17) is 0 Å². The van der Waals surface area contributed by atoms with Crippen molar-refractivity contribution in [3.05, 3.63) is 113 Å². The van der Waals surface area contributed by atoms with Crippen molar-refractivity contribution in [2.75, 3.05) is 0 Å². The van der Waals surface area contributed by atoms with E-state index in [2.05, 4.69) is 35.8 Å². The molecule has 0 radical (unpaired) electrons. The lowest BCUT2D eigenvalue weighted by atomic mass is 10.0. The van der Waals surface area contributed by atoms with Crippen LogP contribution < -0.4 is 0 Å². The van der Waals surface area contributed by atoms with Crippen LogP contribution in [-0.4, -0.2) is 5.78 Å². The number of hydrogen-bond acceptors (Lipinski definition) is 1. The predicted molar refractivity (Wildman–Crippen MR) is 112 cm³/mol. The van der Waals surface area contributed by atoms with E-state index in [1.54, 1.807) is 0 Å². The average Bonchev–Trinajstić information content (AvgIpc) is 3.47. The third-order valence-corrected chi connectivity index (χ3v) is 4.96. The molecule has 0 bridgehead atoms. The Morgan fingerprint density at radius 2 is 1.36 bits per heavy atom. The molecule has 0 unspecified atom stereocenters. The summed E-state index contributed by atoms with van der Waals surface area (Å²) >= 11 is 0. The highest BCUT2D eigenvalue weighted by molar-refractivity contribution is 6.22. The number of rotatable bonds is 0. The summed E-state index contributed by atoms with van der Waals surface area (Å²) in [6, 6.07) is 19.6. The van der Waals surface area contributed by atoms with Crippen LogP contribution in [0.1, 0.15) is 32.6 Å². The van der Waals surface area contributed by atoms with Crippen molar-refractivity contribution in [1.82, 2.24) is 0 Å². The first-order valence-electron chi connectivity index (χ1n) is 9.21. The number of carbonyl (C=O) groups is 1. The molecular formula is C27H15O-. The number of fused-ring (bicyclic) bond motifs is 3. The second kappa shape index (κ2) is 6.66. The van der Waals surface area contributed by atoms with Crippen LogP contribution in [0.5, 0.6) is 0 Å². The Bertz CT molecular complexity index is 1260. The molecular weight excluding hydrogens is 340 g/mol. The molecule has 5 rings (SSSR count). The molecule has 2 aliphatic rings. The molecule has 2 aliphatic carbocycles. The fourth-order valence-corrected chi connectivity index (χ4v) is 3.53. The second-order valence-corrected chi connectivity index (χ2v) is 6.84. The number of hydrogen-bond donors (Lipinski definition) is 0. The molecule has 0 aliphatic heterocycles. The second-order valence-electron chi connectivity index (χ2n) is 6.84. The van der Waals surface area contributed by atoms with Gasteiger partial charge in [-0.15, -0.1) is 11.5 Å². The lowest BCUT2D eigenvalue weighted by molar-refractivity contribution is 0.104. The summed E-state index contributed by atoms with van der Waals surface area (Å²) in [7, 11) is 0. The quantitative estimate of drug-likeness (QED) is 0.316. The van der Waals surface area contributed by atoms with Crippen LogP contribution >= 0.6 is 0 Å². The van der Waals surface area contributed by atoms with E-state index in [9.17, 15) is 4.79 Å². The van der Waals surface area contributed by atoms with E-state index in [0.717, 1.165) is 38.9 Å². The summed E-state index contributed by atoms with van der Waals surface area (Å²) in [4.78, 5) is 13.0. The van der Waals surface area contributed by atoms with Gasteiger partial charge < -0.3 is 0 Å². The van der Waals surface area contributed by atoms with Crippen molar-refractivity contribution in [1.29, 1.82) is 0 Å². The van der Waals surface area contributed by atoms with Gasteiger partial charge in [-0.2, -0.15) is 24.3 Å². The number of allylic oxidation sites excluding steroid dienone is 4. The maximum absolute atomic E-state index is 13.0. The topological polar surface area (TPSA) is 17.1 Å². The Hall–Kier alpha value is -3.94. The largest absolute Gasteiger partial charge is 0.289 e. The van der Waals surface area contributed by atoms with Gasteiger partial charge in [0, 0.05) is 22.3 Å². The summed E-state index contributed by atoms with van der Waals surface area (Å²) < 4.78 is 0. The zero-order valence-electron chi connectivity index (χ0n) is 15.1. The van der Waals surface area contributed by atoms with Crippen LogP contribution in [0.4, 0.5) is 0 Å². The van der Waals surface area contributed by atoms with Crippen LogP contribution in [0.15, 0.2) is 85.0 Å². The monoisotopic (exact) mass is 355 g/mol. The highest BCUT2D eigenvalue weighted by Gasteiger charge is 2.26. The Labute approximate surface area is 164 Å². The minimum absolute atomic E-state index is 0.0475. The van der Waals surface area contributed by atoms with Gasteiger partial charge in [0.2, 0.25) is 0 Å². The number of ketones is 1. The van der Waals surface area contributed by atoms with E-state index in [1.807, 2.05) is 72.8 Å². The molecule has 0 spiro atoms. The summed E-state index contributed by atoms with van der Waals surface area (Å²) in [5, 5.41) is 0. The molecule has 0 saturated carbocycles. The summed E-state index contributed by atoms with van der Waals surface area (Å²) in [6.07, 6.45) is 8.11. The predicted octanol–water partition coefficient (Wildman–Crippen LogP) is 5.11. The Balaban J connectivity index is 1.47. The molecule has 1 nitrogen and oxygen atoms in total. The number of carbonyl (C=O) groups excluding carboxylic acids is 1. The van der Waals surface area contributed by atoms with Gasteiger partial charge in [0.05, 0.1) is 5.92 Å². The SMILES string of the molecule is O=C1c2cc(C#Cc3cc[cH-]c3)ccc2-c2ccc(C#CC3C=CC=C3)cc21. The Morgan fingerprint density at radius 1 is 0.714 bits per heavy atom. The van der Waals surface area contributed by atoms with Crippen molar-refractivity contribution < 1.29 is 4.79 Å². The van der Waals surface area contributed by atoms with E-state index in [-0.39, 0.29) is 11.7 Å². The first kappa shape index (κ1) is 16.2. The van der Waals surface area contributed by atoms with Crippen molar-refractivity contribution in [3.63, 3.8) is 0 Å². The minimum Gasteiger partial charge on any atom is -0.289 e. The summed E-state index contributed by atoms with van der Waals surface area (Å²) in [6.45, 7) is 0. The van der Waals surface area contributed by atoms with Gasteiger partial charge in [0.1, 0.15) is 0 Å². The van der Waals surface area contributed by atoms with E-state index in [1.165, 1.54) is 0 Å². The third kappa shape index (κ3) is 2.90. The van der Waals surface area contributed by atoms with Crippen LogP contribution in [0.3, 0.4) is 0 Å². The normalized spacial score (nSPS) is 13.5. The Kier molecular flexibility index (Phi) is 3.86. The molecule has 0 heterocycles. The standard InChI is InChI=1S/C27H15O/c28-27-25-17-21(11-9-19-5-1-2-6-19)13-15-23(25)24-16-14-22(18-26(24)27)12-10-20-7-3-4-8-20/h1-8,13-19H/q-1. The van der Waals surface area contributed by atoms with Gasteiger partial charge in [-0.3, -0.25) is 4.79 Å². The van der Waals surface area contributed by atoms with Crippen molar-refractivity contribution in [2.45, 2.75) is 0 Å². The van der Waals surface area contributed by atoms with Crippen LogP contribution in [0.2, 0.25) is 0 Å². The van der Waals surface area contributed by atoms with E-state index < -0.39 is 0 Å². The number of benzene rings is 2. The van der Waals surface area contributed by atoms with Gasteiger partial charge in [-0.1, -0.05) is 54.2 Å². The maximum Gasteiger partial charge on any atom is 0.194 e. The summed E-state index contributed by atoms with van der Waals surface area (Å²) in [5.74, 6) is 12.9. The van der Waals surface area contributed by atoms with Gasteiger partial charge in [-0.25, -0.2) is 0 Å². The molecule has 0 aromatic heterocycles. The lowest BCUT2D eigenvalue weighted by Crippen LogP contribution is -1.96. The smallest absolute Gasteiger partial charge is 0.194 e. The highest BCUT2D eigenvalue weighted by atomic mass is 16.1. The van der Waals surface area contributed by atoms with Gasteiger partial charge >= 0.3 is 0 Å². The van der Waals surface area contributed by atoms with Gasteiger partial charge in [0.25, 0.3) is 0 Å². The van der Waals surface area contributed by atoms with Crippen molar-refractivity contribution >= 4 is 5.78 Å². The minimum atomic E-state index is 0.0475. The first-order chi connectivity index (χ1) is 13.8. The molecule has 0 atom stereocenters. The van der Waals surface area contributed by atoms with Crippen LogP contribution in [0.25, 0.3) is 11.1 Å². The van der Waals surface area contributed by atoms with E-state index >= 15 is 0 Å². The molecule has 0 fully saturated rings. The van der Waals surface area contributed by atoms with Crippen molar-refractivity contribution in [3.8, 4) is 34.8 Å². The molecule has 0 amide bonds. The van der Waals surface area contributed by atoms with Crippen LogP contribution in [-0.2, 0) is 0 Å². The summed E-state index contributed by atoms with van der Waals surface area (Å²) in [5.41, 5.74) is 6.08. The molecule has 3 aromatic carbocycles. The van der Waals surface area contributed by atoms with Crippen molar-refractivity contribution in [2.24, 2.45) is 5.92 Å². The fourth-order valence-electron chi connectivity index (χ4n) is 3.53. The van der Waals surface area contributed by atoms with E-state index in [0.29, 0.717) is 0 Å². The molecule has 130 valence electrons. The molecule has 28 heavy (non-hydrogen) atoms. The highest BCUT2D eigenvalue weighted by Crippen LogP contribution is 2.37. The molecule has 0 N–H and O–H groups in total. The molecule has 0 saturated heterocycles. The Morgan fingerprint density at radius 3 is 2.00 bits per heavy atom. The van der Waals surface area contributed by atoms with Crippen LogP contribution in [0, 0.1) is 29.6 Å². The lowest BCUT2D eigenvalue weighted by Gasteiger charge is -2.01. The molecule has 3 aromatic rings. The fraction of sp³-hybridized carbons (Fsp3) is 0.0370. The van der Waals surface area contributed by atoms with Gasteiger partial charge in [-0.05, 0) is 35.4 Å². The third-order valence-electron chi connectivity index (χ3n) is 4.96. The zero-order valence-corrected chi connectivity index (χ0v) is 15.1. The first-order valence-corrected chi connectivity index (χ1v) is 9.21. The molecule has 1 heteroatoms. The maximum atomic E-state index is 13.0. The zero-order chi connectivity index (χ0) is 18.9. The average molecular weight is 355 g/mol.